The minimum absolute atomic E-state index is 0.00916. The number of carbonyl (C=O) groups is 2. The number of ether oxygens (including phenoxy) is 2. The number of nitrogens with zero attached hydrogens (tertiary/aromatic N) is 1. The zero-order chi connectivity index (χ0) is 19.3. The van der Waals surface area contributed by atoms with Gasteiger partial charge in [0.15, 0.2) is 6.10 Å². The van der Waals surface area contributed by atoms with E-state index in [2.05, 4.69) is 5.32 Å². The number of hydrogen-bond acceptors (Lipinski definition) is 7. The fraction of sp³-hybridized carbons (Fsp3) is 0.176. The highest BCUT2D eigenvalue weighted by Gasteiger charge is 2.21. The summed E-state index contributed by atoms with van der Waals surface area (Å²) >= 11 is 0. The van der Waals surface area contributed by atoms with E-state index in [4.69, 9.17) is 9.47 Å². The summed E-state index contributed by atoms with van der Waals surface area (Å²) in [5.74, 6) is -1.22. The van der Waals surface area contributed by atoms with Crippen LogP contribution < -0.4 is 10.1 Å². The molecule has 0 aliphatic rings. The van der Waals surface area contributed by atoms with Crippen LogP contribution in [0.1, 0.15) is 17.3 Å². The third kappa shape index (κ3) is 4.47. The van der Waals surface area contributed by atoms with Gasteiger partial charge in [-0.15, -0.1) is 0 Å². The number of nitro benzene ring substituents is 1. The first kappa shape index (κ1) is 18.7. The summed E-state index contributed by atoms with van der Waals surface area (Å²) in [6.45, 7) is 1.36. The van der Waals surface area contributed by atoms with Crippen LogP contribution in [-0.4, -0.2) is 35.1 Å². The number of methoxy groups -OCH3 is 1. The van der Waals surface area contributed by atoms with Crippen LogP contribution in [0.3, 0.4) is 0 Å². The number of nitro groups is 1. The number of phenolic OH excluding ortho intramolecular Hbond substituents is 1. The second-order valence-electron chi connectivity index (χ2n) is 5.23. The van der Waals surface area contributed by atoms with Crippen LogP contribution in [-0.2, 0) is 9.53 Å². The lowest BCUT2D eigenvalue weighted by atomic mass is 10.2. The van der Waals surface area contributed by atoms with Gasteiger partial charge in [0, 0.05) is 12.1 Å². The first-order valence-corrected chi connectivity index (χ1v) is 7.45. The second-order valence-corrected chi connectivity index (χ2v) is 5.23. The van der Waals surface area contributed by atoms with Gasteiger partial charge in [-0.3, -0.25) is 14.9 Å². The van der Waals surface area contributed by atoms with Gasteiger partial charge in [-0.25, -0.2) is 4.79 Å². The maximum atomic E-state index is 12.2. The second kappa shape index (κ2) is 7.97. The predicted octanol–water partition coefficient (Wildman–Crippen LogP) is 2.49. The number of anilines is 1. The van der Waals surface area contributed by atoms with Crippen LogP contribution in [0.15, 0.2) is 42.5 Å². The molecule has 26 heavy (non-hydrogen) atoms. The molecular formula is C17H16N2O7. The highest BCUT2D eigenvalue weighted by molar-refractivity contribution is 5.98. The number of esters is 1. The Bertz CT molecular complexity index is 834. The van der Waals surface area contributed by atoms with Crippen molar-refractivity contribution in [1.82, 2.24) is 0 Å². The van der Waals surface area contributed by atoms with Gasteiger partial charge in [-0.05, 0) is 37.3 Å². The number of phenols is 1. The molecule has 2 aromatic rings. The number of amides is 1. The van der Waals surface area contributed by atoms with Gasteiger partial charge in [0.05, 0.1) is 23.3 Å². The molecule has 0 saturated carbocycles. The van der Waals surface area contributed by atoms with Gasteiger partial charge in [-0.1, -0.05) is 0 Å². The van der Waals surface area contributed by atoms with Crippen LogP contribution in [0.4, 0.5) is 11.4 Å². The Morgan fingerprint density at radius 3 is 2.42 bits per heavy atom. The van der Waals surface area contributed by atoms with E-state index in [0.29, 0.717) is 0 Å². The Kier molecular flexibility index (Phi) is 5.74. The summed E-state index contributed by atoms with van der Waals surface area (Å²) in [6, 6.07) is 9.07. The third-order valence-electron chi connectivity index (χ3n) is 3.41. The van der Waals surface area contributed by atoms with E-state index in [1.54, 1.807) is 0 Å². The summed E-state index contributed by atoms with van der Waals surface area (Å²) in [6.07, 6.45) is -1.17. The summed E-state index contributed by atoms with van der Waals surface area (Å²) in [4.78, 5) is 34.5. The van der Waals surface area contributed by atoms with Crippen LogP contribution >= 0.6 is 0 Å². The van der Waals surface area contributed by atoms with Crippen LogP contribution in [0.5, 0.6) is 11.5 Å². The van der Waals surface area contributed by atoms with Crippen molar-refractivity contribution >= 4 is 23.3 Å². The Balaban J connectivity index is 2.09. The van der Waals surface area contributed by atoms with Crippen molar-refractivity contribution in [3.05, 3.63) is 58.1 Å². The Labute approximate surface area is 148 Å². The molecule has 1 atom stereocenters. The monoisotopic (exact) mass is 360 g/mol. The van der Waals surface area contributed by atoms with Crippen molar-refractivity contribution < 1.29 is 29.1 Å². The molecular weight excluding hydrogens is 344 g/mol. The van der Waals surface area contributed by atoms with Crippen molar-refractivity contribution in [3.63, 3.8) is 0 Å². The zero-order valence-electron chi connectivity index (χ0n) is 14.0. The summed E-state index contributed by atoms with van der Waals surface area (Å²) in [5, 5.41) is 22.5. The smallest absolute Gasteiger partial charge is 0.338 e. The van der Waals surface area contributed by atoms with E-state index in [-0.39, 0.29) is 28.4 Å². The molecule has 0 aliphatic heterocycles. The van der Waals surface area contributed by atoms with Gasteiger partial charge in [0.2, 0.25) is 0 Å². The van der Waals surface area contributed by atoms with Gasteiger partial charge < -0.3 is 19.9 Å². The number of aromatic hydroxyl groups is 1. The molecule has 0 saturated heterocycles. The molecule has 0 bridgehead atoms. The highest BCUT2D eigenvalue weighted by Crippen LogP contribution is 2.29. The number of carbonyl (C=O) groups excluding carboxylic acids is 2. The van der Waals surface area contributed by atoms with E-state index in [0.717, 1.165) is 6.07 Å². The van der Waals surface area contributed by atoms with Crippen LogP contribution in [0.2, 0.25) is 0 Å². The summed E-state index contributed by atoms with van der Waals surface area (Å²) in [7, 11) is 1.35. The van der Waals surface area contributed by atoms with Crippen LogP contribution in [0.25, 0.3) is 0 Å². The average molecular weight is 360 g/mol. The molecule has 2 aromatic carbocycles. The third-order valence-corrected chi connectivity index (χ3v) is 3.41. The van der Waals surface area contributed by atoms with E-state index >= 15 is 0 Å². The van der Waals surface area contributed by atoms with Gasteiger partial charge in [0.1, 0.15) is 11.5 Å². The van der Waals surface area contributed by atoms with E-state index in [9.17, 15) is 24.8 Å². The molecule has 2 rings (SSSR count). The van der Waals surface area contributed by atoms with Gasteiger partial charge in [-0.2, -0.15) is 0 Å². The molecule has 0 unspecified atom stereocenters. The number of non-ortho nitro benzene ring substituents is 1. The lowest BCUT2D eigenvalue weighted by Gasteiger charge is -2.15. The Morgan fingerprint density at radius 2 is 1.85 bits per heavy atom. The highest BCUT2D eigenvalue weighted by atomic mass is 16.6. The fourth-order valence-electron chi connectivity index (χ4n) is 2.02. The SMILES string of the molecule is COc1ccc([N+](=O)[O-])cc1NC(=O)[C@@H](C)OC(=O)c1ccc(O)cc1. The topological polar surface area (TPSA) is 128 Å². The molecule has 9 nitrogen and oxygen atoms in total. The summed E-state index contributed by atoms with van der Waals surface area (Å²) < 4.78 is 10.1. The molecule has 9 heteroatoms. The van der Waals surface area contributed by atoms with Crippen molar-refractivity contribution in [1.29, 1.82) is 0 Å². The first-order chi connectivity index (χ1) is 12.3. The molecule has 0 fully saturated rings. The molecule has 1 amide bonds. The van der Waals surface area contributed by atoms with Gasteiger partial charge >= 0.3 is 5.97 Å². The lowest BCUT2D eigenvalue weighted by molar-refractivity contribution is -0.384. The zero-order valence-corrected chi connectivity index (χ0v) is 14.0. The molecule has 136 valence electrons. The average Bonchev–Trinajstić information content (AvgIpc) is 2.61. The van der Waals surface area contributed by atoms with Crippen molar-refractivity contribution in [2.24, 2.45) is 0 Å². The molecule has 0 aliphatic carbocycles. The summed E-state index contributed by atoms with van der Waals surface area (Å²) in [5.41, 5.74) is 0.0180. The number of rotatable bonds is 6. The largest absolute Gasteiger partial charge is 0.508 e. The minimum Gasteiger partial charge on any atom is -0.508 e. The fourth-order valence-corrected chi connectivity index (χ4v) is 2.02. The number of benzene rings is 2. The number of hydrogen-bond donors (Lipinski definition) is 2. The standard InChI is InChI=1S/C17H16N2O7/c1-10(26-17(22)11-3-6-13(20)7-4-11)16(21)18-14-9-12(19(23)24)5-8-15(14)25-2/h3-10,20H,1-2H3,(H,18,21)/t10-/m1/s1. The van der Waals surface area contributed by atoms with Gasteiger partial charge in [0.25, 0.3) is 11.6 Å². The molecule has 0 aromatic heterocycles. The Hall–Kier alpha value is -3.62. The van der Waals surface area contributed by atoms with Crippen molar-refractivity contribution in [2.75, 3.05) is 12.4 Å². The first-order valence-electron chi connectivity index (χ1n) is 7.45. The molecule has 0 spiro atoms. The molecule has 0 heterocycles. The molecule has 2 N–H and O–H groups in total. The quantitative estimate of drug-likeness (QED) is 0.460. The van der Waals surface area contributed by atoms with E-state index in [1.807, 2.05) is 0 Å². The minimum atomic E-state index is -1.17. The Morgan fingerprint density at radius 1 is 1.19 bits per heavy atom. The van der Waals surface area contributed by atoms with Crippen LogP contribution in [0, 0.1) is 10.1 Å². The van der Waals surface area contributed by atoms with E-state index < -0.39 is 22.9 Å². The molecule has 0 radical (unpaired) electrons. The van der Waals surface area contributed by atoms with E-state index in [1.165, 1.54) is 50.4 Å². The van der Waals surface area contributed by atoms with Crippen molar-refractivity contribution in [3.8, 4) is 11.5 Å². The normalized spacial score (nSPS) is 11.3. The predicted molar refractivity (Wildman–Crippen MR) is 91.3 cm³/mol. The lowest BCUT2D eigenvalue weighted by Crippen LogP contribution is -2.30. The van der Waals surface area contributed by atoms with Crippen molar-refractivity contribution in [2.45, 2.75) is 13.0 Å². The number of nitrogens with one attached hydrogen (secondary N) is 1. The maximum Gasteiger partial charge on any atom is 0.338 e. The maximum absolute atomic E-state index is 12.2.